The Morgan fingerprint density at radius 1 is 0.429 bits per heavy atom. The van der Waals surface area contributed by atoms with Crippen LogP contribution in [0.4, 0.5) is 34.4 Å². The normalized spacial score (nSPS) is 14.8. The Labute approximate surface area is 435 Å². The molecule has 14 rings (SSSR count). The molecule has 0 atom stereocenters. The fourth-order valence-corrected chi connectivity index (χ4v) is 11.0. The summed E-state index contributed by atoms with van der Waals surface area (Å²) < 4.78 is 0. The zero-order valence-electron chi connectivity index (χ0n) is 37.7. The van der Waals surface area contributed by atoms with E-state index in [-0.39, 0.29) is 42.1 Å². The van der Waals surface area contributed by atoms with Gasteiger partial charge in [0.25, 0.3) is 0 Å². The van der Waals surface area contributed by atoms with Crippen molar-refractivity contribution < 1.29 is 42.1 Å². The van der Waals surface area contributed by atoms with Crippen LogP contribution < -0.4 is 29.8 Å². The van der Waals surface area contributed by atoms with Crippen molar-refractivity contribution in [2.24, 2.45) is 0 Å². The number of nitrogens with zero attached hydrogens (tertiary/aromatic N) is 10. The molecule has 2 aliphatic heterocycles. The zero-order valence-corrected chi connectivity index (χ0v) is 42.3. The SMILES string of the molecule is CN1[CH-]N(c2[c-]c(C3(c4cc[n-]n4)c4ccccc4-c4ccccc43)ccc2)c2ncccc21.CN1[CH-]N(c2[c-]c(C3(c4cc[n-]n4)c4ccccc4-c4ccccc43)ccc2)c2ncccc21.[Pt].[Pt]. The predicted molar refractivity (Wildman–Crippen MR) is 266 cm³/mol. The first-order valence-electron chi connectivity index (χ1n) is 22.5. The van der Waals surface area contributed by atoms with Crippen LogP contribution in [-0.4, -0.2) is 34.3 Å². The van der Waals surface area contributed by atoms with E-state index in [1.807, 2.05) is 50.8 Å². The number of rotatable bonds is 6. The number of fused-ring (bicyclic) bond motifs is 8. The molecule has 6 heterocycles. The summed E-state index contributed by atoms with van der Waals surface area (Å²) in [5.41, 5.74) is 16.3. The van der Waals surface area contributed by atoms with E-state index in [9.17, 15) is 0 Å². The summed E-state index contributed by atoms with van der Waals surface area (Å²) in [5, 5.41) is 17.7. The van der Waals surface area contributed by atoms with Crippen LogP contribution in [0.2, 0.25) is 0 Å². The summed E-state index contributed by atoms with van der Waals surface area (Å²) in [6.45, 7) is 4.11. The molecule has 0 fully saturated rings. The summed E-state index contributed by atoms with van der Waals surface area (Å²) in [6, 6.07) is 66.7. The third kappa shape index (κ3) is 6.60. The molecular formula is C58H40N10Pt2-6. The minimum absolute atomic E-state index is 0. The van der Waals surface area contributed by atoms with Gasteiger partial charge in [-0.15, -0.1) is 22.5 Å². The molecule has 0 N–H and O–H groups in total. The molecule has 0 saturated carbocycles. The Morgan fingerprint density at radius 2 is 0.800 bits per heavy atom. The van der Waals surface area contributed by atoms with Gasteiger partial charge >= 0.3 is 0 Å². The van der Waals surface area contributed by atoms with Crippen LogP contribution in [0, 0.1) is 25.5 Å². The van der Waals surface area contributed by atoms with Crippen LogP contribution in [0.5, 0.6) is 0 Å². The summed E-state index contributed by atoms with van der Waals surface area (Å²) in [7, 11) is 4.07. The molecule has 0 bridgehead atoms. The minimum atomic E-state index is -0.599. The molecule has 0 amide bonds. The second-order valence-corrected chi connectivity index (χ2v) is 17.3. The van der Waals surface area contributed by atoms with Gasteiger partial charge in [0.15, 0.2) is 0 Å². The van der Waals surface area contributed by atoms with Crippen LogP contribution >= 0.6 is 0 Å². The molecular weight excluding hydrogens is 1230 g/mol. The Kier molecular flexibility index (Phi) is 11.5. The van der Waals surface area contributed by atoms with E-state index in [2.05, 4.69) is 221 Å². The number of pyridine rings is 2. The molecule has 2 aliphatic carbocycles. The second-order valence-electron chi connectivity index (χ2n) is 17.3. The number of hydrogen-bond donors (Lipinski definition) is 0. The maximum absolute atomic E-state index is 4.64. The Morgan fingerprint density at radius 3 is 1.16 bits per heavy atom. The minimum Gasteiger partial charge on any atom is -0.581 e. The molecule has 10 aromatic rings. The maximum atomic E-state index is 4.64. The smallest absolute Gasteiger partial charge is 0.124 e. The van der Waals surface area contributed by atoms with Gasteiger partial charge in [0.1, 0.15) is 11.6 Å². The van der Waals surface area contributed by atoms with Crippen LogP contribution in [0.1, 0.15) is 44.8 Å². The van der Waals surface area contributed by atoms with Gasteiger partial charge in [0, 0.05) is 77.3 Å². The van der Waals surface area contributed by atoms with Crippen LogP contribution in [-0.2, 0) is 53.0 Å². The van der Waals surface area contributed by atoms with Crippen molar-refractivity contribution in [1.82, 2.24) is 30.4 Å². The standard InChI is InChI=1S/2C29H20N5.2Pt/c2*1-33-19-34(28-26(33)14-7-16-30-28)21-9-6-8-20(18-21)29(27-15-17-31-32-27)24-12-4-2-10-22(24)23-11-3-5-13-25(23)29;;/h2*2-17,19H,1H3;;/q2*-3;;. The second kappa shape index (κ2) is 17.9. The Balaban J connectivity index is 0.000000148. The molecule has 0 unspecified atom stereocenters. The third-order valence-electron chi connectivity index (χ3n) is 13.8. The number of benzene rings is 6. The predicted octanol–water partition coefficient (Wildman–Crippen LogP) is 10.6. The molecule has 0 radical (unpaired) electrons. The molecule has 348 valence electrons. The number of hydrogen-bond acceptors (Lipinski definition) is 8. The average Bonchev–Trinajstić information content (AvgIpc) is 4.28. The van der Waals surface area contributed by atoms with E-state index in [4.69, 9.17) is 0 Å². The van der Waals surface area contributed by atoms with Crippen molar-refractivity contribution in [3.63, 3.8) is 0 Å². The monoisotopic (exact) mass is 1270 g/mol. The van der Waals surface area contributed by atoms with Crippen molar-refractivity contribution in [1.29, 1.82) is 0 Å². The average molecular weight is 1270 g/mol. The van der Waals surface area contributed by atoms with Gasteiger partial charge in [-0.1, -0.05) is 109 Å². The maximum Gasteiger partial charge on any atom is 0.124 e. The molecule has 6 aromatic carbocycles. The molecule has 12 heteroatoms. The first-order valence-corrected chi connectivity index (χ1v) is 22.5. The van der Waals surface area contributed by atoms with Gasteiger partial charge in [-0.2, -0.15) is 74.3 Å². The van der Waals surface area contributed by atoms with Crippen molar-refractivity contribution in [2.45, 2.75) is 10.8 Å². The molecule has 4 aliphatic rings. The summed E-state index contributed by atoms with van der Waals surface area (Å²) >= 11 is 0. The molecule has 10 nitrogen and oxygen atoms in total. The fraction of sp³-hybridized carbons (Fsp3) is 0.0690. The van der Waals surface area contributed by atoms with Crippen molar-refractivity contribution in [2.75, 3.05) is 33.7 Å². The first kappa shape index (κ1) is 45.1. The van der Waals surface area contributed by atoms with Gasteiger partial charge in [-0.25, -0.2) is 9.97 Å². The third-order valence-corrected chi connectivity index (χ3v) is 13.8. The van der Waals surface area contributed by atoms with Crippen LogP contribution in [0.25, 0.3) is 22.3 Å². The van der Waals surface area contributed by atoms with Crippen molar-refractivity contribution >= 4 is 34.4 Å². The summed E-state index contributed by atoms with van der Waals surface area (Å²) in [5.74, 6) is 1.79. The molecule has 4 aromatic heterocycles. The molecule has 0 saturated heterocycles. The van der Waals surface area contributed by atoms with Gasteiger partial charge in [-0.3, -0.25) is 0 Å². The van der Waals surface area contributed by atoms with Gasteiger partial charge in [-0.05, 0) is 82.9 Å². The van der Waals surface area contributed by atoms with Crippen LogP contribution in [0.15, 0.2) is 195 Å². The molecule has 0 spiro atoms. The van der Waals surface area contributed by atoms with E-state index in [1.165, 1.54) is 44.5 Å². The summed E-state index contributed by atoms with van der Waals surface area (Å²) in [4.78, 5) is 17.6. The quantitative estimate of drug-likeness (QED) is 0.150. The van der Waals surface area contributed by atoms with E-state index in [0.717, 1.165) is 56.9 Å². The fourth-order valence-electron chi connectivity index (χ4n) is 11.0. The zero-order chi connectivity index (χ0) is 45.4. The number of aromatic nitrogens is 6. The van der Waals surface area contributed by atoms with E-state index < -0.39 is 10.8 Å². The Hall–Kier alpha value is -7.38. The molecule has 70 heavy (non-hydrogen) atoms. The first-order chi connectivity index (χ1) is 33.6. The van der Waals surface area contributed by atoms with E-state index in [1.54, 1.807) is 12.4 Å². The largest absolute Gasteiger partial charge is 0.581 e. The van der Waals surface area contributed by atoms with Gasteiger partial charge < -0.3 is 40.0 Å². The van der Waals surface area contributed by atoms with Gasteiger partial charge in [0.2, 0.25) is 0 Å². The van der Waals surface area contributed by atoms with Crippen molar-refractivity contribution in [3.05, 3.63) is 265 Å². The van der Waals surface area contributed by atoms with E-state index >= 15 is 0 Å². The van der Waals surface area contributed by atoms with Gasteiger partial charge in [0.05, 0.1) is 10.8 Å². The van der Waals surface area contributed by atoms with E-state index in [0.29, 0.717) is 0 Å². The Bertz CT molecular complexity index is 3200. The number of anilines is 6. The van der Waals surface area contributed by atoms with Crippen molar-refractivity contribution in [3.8, 4) is 22.3 Å². The van der Waals surface area contributed by atoms with Crippen LogP contribution in [0.3, 0.4) is 0 Å². The topological polar surface area (TPSA) is 92.7 Å². The summed E-state index contributed by atoms with van der Waals surface area (Å²) in [6.07, 6.45) is 7.20.